The Labute approximate surface area is 157 Å². The molecule has 1 fully saturated rings. The lowest BCUT2D eigenvalue weighted by Gasteiger charge is -2.42. The van der Waals surface area contributed by atoms with Gasteiger partial charge in [-0.1, -0.05) is 30.1 Å². The van der Waals surface area contributed by atoms with Gasteiger partial charge in [0.25, 0.3) is 0 Å². The highest BCUT2D eigenvalue weighted by Crippen LogP contribution is 2.25. The monoisotopic (exact) mass is 387 g/mol. The van der Waals surface area contributed by atoms with Crippen LogP contribution in [0.4, 0.5) is 4.79 Å². The molecule has 8 heteroatoms. The summed E-state index contributed by atoms with van der Waals surface area (Å²) < 4.78 is 0. The van der Waals surface area contributed by atoms with Crippen LogP contribution in [0.5, 0.6) is 0 Å². The summed E-state index contributed by atoms with van der Waals surface area (Å²) in [6.07, 6.45) is 2.19. The fourth-order valence-corrected chi connectivity index (χ4v) is 3.56. The first-order chi connectivity index (χ1) is 11.9. The van der Waals surface area contributed by atoms with Crippen molar-refractivity contribution in [3.8, 4) is 0 Å². The number of rotatable bonds is 8. The second-order valence-corrected chi connectivity index (χ2v) is 7.08. The van der Waals surface area contributed by atoms with Gasteiger partial charge in [-0.25, -0.2) is 4.79 Å². The summed E-state index contributed by atoms with van der Waals surface area (Å²) in [5, 5.41) is 15.8. The van der Waals surface area contributed by atoms with Crippen LogP contribution < -0.4 is 10.6 Å². The number of likely N-dealkylation sites (N-methyl/N-ethyl adjacent to an activating group) is 1. The molecule has 0 aromatic heterocycles. The number of carboxylic acid groups (broad SMARTS) is 1. The standard InChI is InChI=1S/C17H23Cl2N3O3/c1-2-22(10-16(23)24)15-8-14(9-15)21-17(25)20-4-3-11-5-12(18)7-13(19)6-11/h5-7,14-15H,2-4,8-10H2,1H3,(H,23,24)(H2,20,21,25). The van der Waals surface area contributed by atoms with Crippen molar-refractivity contribution in [2.24, 2.45) is 0 Å². The molecule has 0 heterocycles. The Morgan fingerprint density at radius 2 is 1.88 bits per heavy atom. The van der Waals surface area contributed by atoms with Gasteiger partial charge in [-0.05, 0) is 49.6 Å². The number of carbonyl (C=O) groups excluding carboxylic acids is 1. The maximum Gasteiger partial charge on any atom is 0.317 e. The predicted octanol–water partition coefficient (Wildman–Crippen LogP) is 2.77. The van der Waals surface area contributed by atoms with Gasteiger partial charge in [-0.2, -0.15) is 0 Å². The Balaban J connectivity index is 1.66. The van der Waals surface area contributed by atoms with E-state index in [1.807, 2.05) is 24.0 Å². The molecule has 2 rings (SSSR count). The third-order valence-corrected chi connectivity index (χ3v) is 4.77. The van der Waals surface area contributed by atoms with Crippen LogP contribution in [-0.4, -0.2) is 53.7 Å². The zero-order valence-electron chi connectivity index (χ0n) is 14.1. The van der Waals surface area contributed by atoms with Gasteiger partial charge in [0.05, 0.1) is 6.54 Å². The summed E-state index contributed by atoms with van der Waals surface area (Å²) in [5.41, 5.74) is 0.966. The Kier molecular flexibility index (Phi) is 7.35. The lowest BCUT2D eigenvalue weighted by atomic mass is 9.85. The van der Waals surface area contributed by atoms with E-state index < -0.39 is 5.97 Å². The van der Waals surface area contributed by atoms with Crippen LogP contribution in [0.1, 0.15) is 25.3 Å². The molecule has 0 atom stereocenters. The molecular formula is C17H23Cl2N3O3. The van der Waals surface area contributed by atoms with Crippen LogP contribution in [0.25, 0.3) is 0 Å². The summed E-state index contributed by atoms with van der Waals surface area (Å²) in [6, 6.07) is 5.42. The zero-order valence-corrected chi connectivity index (χ0v) is 15.6. The zero-order chi connectivity index (χ0) is 18.4. The van der Waals surface area contributed by atoms with Crippen molar-refractivity contribution in [2.75, 3.05) is 19.6 Å². The number of nitrogens with zero attached hydrogens (tertiary/aromatic N) is 1. The summed E-state index contributed by atoms with van der Waals surface area (Å²) in [5.74, 6) is -0.822. The first kappa shape index (κ1) is 19.8. The van der Waals surface area contributed by atoms with Gasteiger partial charge in [0, 0.05) is 28.7 Å². The predicted molar refractivity (Wildman–Crippen MR) is 98.4 cm³/mol. The van der Waals surface area contributed by atoms with Crippen LogP contribution in [0.2, 0.25) is 10.0 Å². The number of amides is 2. The second-order valence-electron chi connectivity index (χ2n) is 6.21. The minimum atomic E-state index is -0.822. The lowest BCUT2D eigenvalue weighted by molar-refractivity contribution is -0.139. The number of urea groups is 1. The Morgan fingerprint density at radius 1 is 1.24 bits per heavy atom. The van der Waals surface area contributed by atoms with E-state index in [1.54, 1.807) is 6.07 Å². The minimum absolute atomic E-state index is 0.0439. The molecule has 0 aliphatic heterocycles. The minimum Gasteiger partial charge on any atom is -0.480 e. The molecule has 6 nitrogen and oxygen atoms in total. The largest absolute Gasteiger partial charge is 0.480 e. The molecule has 0 unspecified atom stereocenters. The number of halogens is 2. The third kappa shape index (κ3) is 6.38. The average molecular weight is 388 g/mol. The smallest absolute Gasteiger partial charge is 0.317 e. The van der Waals surface area contributed by atoms with Gasteiger partial charge < -0.3 is 15.7 Å². The molecule has 138 valence electrons. The topological polar surface area (TPSA) is 81.7 Å². The van der Waals surface area contributed by atoms with Gasteiger partial charge in [0.15, 0.2) is 0 Å². The van der Waals surface area contributed by atoms with Crippen molar-refractivity contribution < 1.29 is 14.7 Å². The third-order valence-electron chi connectivity index (χ3n) is 4.33. The molecule has 1 aliphatic rings. The molecule has 0 radical (unpaired) electrons. The molecular weight excluding hydrogens is 365 g/mol. The summed E-state index contributed by atoms with van der Waals surface area (Å²) in [7, 11) is 0. The van der Waals surface area contributed by atoms with Crippen LogP contribution in [0.3, 0.4) is 0 Å². The highest BCUT2D eigenvalue weighted by molar-refractivity contribution is 6.34. The van der Waals surface area contributed by atoms with Gasteiger partial charge in [0.2, 0.25) is 0 Å². The maximum atomic E-state index is 11.9. The highest BCUT2D eigenvalue weighted by atomic mass is 35.5. The van der Waals surface area contributed by atoms with Crippen LogP contribution in [0, 0.1) is 0 Å². The quantitative estimate of drug-likeness (QED) is 0.640. The number of carboxylic acids is 1. The first-order valence-corrected chi connectivity index (χ1v) is 9.08. The molecule has 0 spiro atoms. The fourth-order valence-electron chi connectivity index (χ4n) is 2.99. The van der Waals surface area contributed by atoms with Gasteiger partial charge in [-0.3, -0.25) is 9.69 Å². The lowest BCUT2D eigenvalue weighted by Crippen LogP contribution is -2.56. The van der Waals surface area contributed by atoms with E-state index in [-0.39, 0.29) is 24.7 Å². The van der Waals surface area contributed by atoms with Crippen LogP contribution in [0.15, 0.2) is 18.2 Å². The van der Waals surface area contributed by atoms with Gasteiger partial charge in [0.1, 0.15) is 0 Å². The highest BCUT2D eigenvalue weighted by Gasteiger charge is 2.34. The van der Waals surface area contributed by atoms with Crippen LogP contribution in [-0.2, 0) is 11.2 Å². The average Bonchev–Trinajstić information content (AvgIpc) is 2.47. The Hall–Kier alpha value is -1.50. The first-order valence-electron chi connectivity index (χ1n) is 8.32. The molecule has 1 saturated carbocycles. The molecule has 0 saturated heterocycles. The second kappa shape index (κ2) is 9.27. The molecule has 3 N–H and O–H groups in total. The van der Waals surface area contributed by atoms with E-state index in [2.05, 4.69) is 10.6 Å². The van der Waals surface area contributed by atoms with E-state index in [1.165, 1.54) is 0 Å². The van der Waals surface area contributed by atoms with Crippen molar-refractivity contribution in [1.82, 2.24) is 15.5 Å². The Morgan fingerprint density at radius 3 is 2.44 bits per heavy atom. The number of hydrogen-bond acceptors (Lipinski definition) is 3. The molecule has 2 amide bonds. The van der Waals surface area contributed by atoms with Crippen molar-refractivity contribution >= 4 is 35.2 Å². The summed E-state index contributed by atoms with van der Waals surface area (Å²) in [6.45, 7) is 3.16. The molecule has 1 aromatic rings. The summed E-state index contributed by atoms with van der Waals surface area (Å²) >= 11 is 11.9. The number of carbonyl (C=O) groups is 2. The van der Waals surface area contributed by atoms with E-state index in [0.29, 0.717) is 29.6 Å². The summed E-state index contributed by atoms with van der Waals surface area (Å²) in [4.78, 5) is 24.6. The van der Waals surface area contributed by atoms with E-state index >= 15 is 0 Å². The number of hydrogen-bond donors (Lipinski definition) is 3. The fraction of sp³-hybridized carbons (Fsp3) is 0.529. The molecule has 1 aromatic carbocycles. The molecule has 25 heavy (non-hydrogen) atoms. The van der Waals surface area contributed by atoms with Gasteiger partial charge in [-0.15, -0.1) is 0 Å². The van der Waals surface area contributed by atoms with Crippen LogP contribution >= 0.6 is 23.2 Å². The van der Waals surface area contributed by atoms with Crippen molar-refractivity contribution in [3.05, 3.63) is 33.8 Å². The number of benzene rings is 1. The molecule has 1 aliphatic carbocycles. The van der Waals surface area contributed by atoms with E-state index in [4.69, 9.17) is 28.3 Å². The van der Waals surface area contributed by atoms with Crippen molar-refractivity contribution in [1.29, 1.82) is 0 Å². The number of nitrogens with one attached hydrogen (secondary N) is 2. The van der Waals surface area contributed by atoms with Crippen molar-refractivity contribution in [3.63, 3.8) is 0 Å². The van der Waals surface area contributed by atoms with Crippen molar-refractivity contribution in [2.45, 2.75) is 38.3 Å². The maximum absolute atomic E-state index is 11.9. The van der Waals surface area contributed by atoms with E-state index in [0.717, 1.165) is 18.4 Å². The Bertz CT molecular complexity index is 601. The van der Waals surface area contributed by atoms with Gasteiger partial charge >= 0.3 is 12.0 Å². The SMILES string of the molecule is CCN(CC(=O)O)C1CC(NC(=O)NCCc2cc(Cl)cc(Cl)c2)C1. The molecule has 0 bridgehead atoms. The van der Waals surface area contributed by atoms with E-state index in [9.17, 15) is 9.59 Å². The normalized spacial score (nSPS) is 19.4. The number of aliphatic carboxylic acids is 1.